The Kier molecular flexibility index (Phi) is 6.79. The van der Waals surface area contributed by atoms with Gasteiger partial charge < -0.3 is 20.7 Å². The summed E-state index contributed by atoms with van der Waals surface area (Å²) in [5.41, 5.74) is 2.58. The third-order valence-corrected chi connectivity index (χ3v) is 8.04. The third kappa shape index (κ3) is 3.77. The number of phenols is 1. The van der Waals surface area contributed by atoms with E-state index in [-0.39, 0.29) is 17.9 Å². The number of benzene rings is 1. The normalized spacial score (nSPS) is 34.6. The van der Waals surface area contributed by atoms with Crippen molar-refractivity contribution >= 4 is 35.0 Å². The van der Waals surface area contributed by atoms with Crippen molar-refractivity contribution in [2.75, 3.05) is 34.7 Å². The van der Waals surface area contributed by atoms with E-state index in [4.69, 9.17) is 10.5 Å². The number of nitrogens with zero attached hydrogens (tertiary/aromatic N) is 2. The number of nitrogens with two attached hydrogens (primary N) is 1. The molecular weight excluding hydrogens is 498 g/mol. The largest absolute Gasteiger partial charge is 0.507 e. The highest BCUT2D eigenvalue weighted by Gasteiger charge is 2.74. The second-order valence-corrected chi connectivity index (χ2v) is 10.8. The Balaban J connectivity index is 2.00. The quantitative estimate of drug-likeness (QED) is 0.298. The standard InChI is InChI=1S/C26H31N3O9/c1-10-11-7-6-8-12(30)15(11)20(32)16-14(10)22(38-13(31)9-28(2)3)18-19(29(4)5)21(33)17(25(27)36)24(35)26(18,37)23(16)34/h6-8,10,14,16-19,22,30,37H,9H2,1-5H3,(H2,27,36)/t10-,14+,16?,17?,18+,19-,22-,26-/m1/s1. The molecule has 0 saturated heterocycles. The fraction of sp³-hybridized carbons (Fsp3) is 0.538. The zero-order chi connectivity index (χ0) is 28.4. The lowest BCUT2D eigenvalue weighted by Gasteiger charge is -2.56. The van der Waals surface area contributed by atoms with Gasteiger partial charge in [-0.05, 0) is 45.7 Å². The van der Waals surface area contributed by atoms with E-state index in [0.717, 1.165) is 0 Å². The molecule has 1 amide bonds. The van der Waals surface area contributed by atoms with Crippen LogP contribution in [0.5, 0.6) is 5.75 Å². The molecule has 1 aromatic carbocycles. The summed E-state index contributed by atoms with van der Waals surface area (Å²) in [5, 5.41) is 22.4. The number of hydrogen-bond acceptors (Lipinski definition) is 11. The fourth-order valence-corrected chi connectivity index (χ4v) is 6.51. The number of carbonyl (C=O) groups is 6. The summed E-state index contributed by atoms with van der Waals surface area (Å²) in [6.07, 6.45) is -1.46. The summed E-state index contributed by atoms with van der Waals surface area (Å²) < 4.78 is 5.84. The molecule has 0 aliphatic heterocycles. The van der Waals surface area contributed by atoms with Crippen LogP contribution >= 0.6 is 0 Å². The molecule has 204 valence electrons. The lowest BCUT2D eigenvalue weighted by molar-refractivity contribution is -0.205. The minimum absolute atomic E-state index is 0.134. The van der Waals surface area contributed by atoms with Crippen LogP contribution in [0.2, 0.25) is 0 Å². The summed E-state index contributed by atoms with van der Waals surface area (Å²) in [6, 6.07) is 2.98. The third-order valence-electron chi connectivity index (χ3n) is 8.04. The van der Waals surface area contributed by atoms with E-state index >= 15 is 0 Å². The second-order valence-electron chi connectivity index (χ2n) is 10.8. The monoisotopic (exact) mass is 529 g/mol. The Morgan fingerprint density at radius 1 is 1.08 bits per heavy atom. The van der Waals surface area contributed by atoms with Crippen LogP contribution in [-0.2, 0) is 28.7 Å². The predicted octanol–water partition coefficient (Wildman–Crippen LogP) is -1.49. The highest BCUT2D eigenvalue weighted by molar-refractivity contribution is 6.32. The highest BCUT2D eigenvalue weighted by Crippen LogP contribution is 2.55. The Hall–Kier alpha value is -3.48. The predicted molar refractivity (Wildman–Crippen MR) is 130 cm³/mol. The second kappa shape index (κ2) is 9.37. The van der Waals surface area contributed by atoms with Gasteiger partial charge in [0.05, 0.1) is 30.0 Å². The molecule has 4 rings (SSSR count). The maximum absolute atomic E-state index is 14.1. The van der Waals surface area contributed by atoms with Gasteiger partial charge in [-0.15, -0.1) is 0 Å². The number of ketones is 4. The molecule has 12 nitrogen and oxygen atoms in total. The van der Waals surface area contributed by atoms with E-state index in [0.29, 0.717) is 5.56 Å². The number of fused-ring (bicyclic) bond motifs is 3. The molecule has 2 unspecified atom stereocenters. The number of amides is 1. The zero-order valence-electron chi connectivity index (χ0n) is 21.7. The number of primary amides is 1. The van der Waals surface area contributed by atoms with Crippen molar-refractivity contribution in [3.8, 4) is 5.75 Å². The summed E-state index contributed by atoms with van der Waals surface area (Å²) in [4.78, 5) is 82.8. The van der Waals surface area contributed by atoms with Crippen molar-refractivity contribution in [1.82, 2.24) is 9.80 Å². The molecule has 2 fully saturated rings. The van der Waals surface area contributed by atoms with Gasteiger partial charge in [0.25, 0.3) is 0 Å². The highest BCUT2D eigenvalue weighted by atomic mass is 16.5. The van der Waals surface area contributed by atoms with Crippen LogP contribution in [0, 0.1) is 23.7 Å². The Labute approximate surface area is 218 Å². The summed E-state index contributed by atoms with van der Waals surface area (Å²) in [7, 11) is 6.14. The molecule has 2 saturated carbocycles. The van der Waals surface area contributed by atoms with E-state index in [9.17, 15) is 39.0 Å². The Morgan fingerprint density at radius 3 is 2.26 bits per heavy atom. The molecule has 1 aromatic rings. The lowest BCUT2D eigenvalue weighted by atomic mass is 9.49. The molecule has 0 aromatic heterocycles. The van der Waals surface area contributed by atoms with Crippen molar-refractivity contribution in [3.05, 3.63) is 29.3 Å². The number of ether oxygens (including phenoxy) is 1. The molecule has 4 N–H and O–H groups in total. The summed E-state index contributed by atoms with van der Waals surface area (Å²) in [5.74, 6) is -14.2. The zero-order valence-corrected chi connectivity index (χ0v) is 21.7. The molecule has 0 heterocycles. The number of Topliss-reactive ketones (excluding diaryl/α,β-unsaturated/α-hetero) is 4. The van der Waals surface area contributed by atoms with E-state index in [1.807, 2.05) is 0 Å². The number of phenolic OH excluding ortho intramolecular Hbond substituents is 1. The van der Waals surface area contributed by atoms with Gasteiger partial charge in [-0.1, -0.05) is 19.1 Å². The van der Waals surface area contributed by atoms with Gasteiger partial charge >= 0.3 is 5.97 Å². The molecule has 3 aliphatic carbocycles. The van der Waals surface area contributed by atoms with Crippen molar-refractivity contribution in [2.45, 2.75) is 30.6 Å². The summed E-state index contributed by atoms with van der Waals surface area (Å²) in [6.45, 7) is 1.47. The van der Waals surface area contributed by atoms with Gasteiger partial charge in [0, 0.05) is 5.92 Å². The molecule has 8 atom stereocenters. The Bertz CT molecular complexity index is 1260. The SMILES string of the molecule is C[C@@H]1c2cccc(O)c2C(=O)C2C(=O)[C@@]3(O)C(=O)C(C(N)=O)C(=O)[C@H](N(C)C)[C@H]3[C@H](OC(=O)CN(C)C)[C@H]21. The Morgan fingerprint density at radius 2 is 1.71 bits per heavy atom. The van der Waals surface area contributed by atoms with E-state index in [2.05, 4.69) is 0 Å². The van der Waals surface area contributed by atoms with Crippen LogP contribution in [0.1, 0.15) is 28.8 Å². The molecule has 12 heteroatoms. The van der Waals surface area contributed by atoms with Crippen molar-refractivity contribution in [3.63, 3.8) is 0 Å². The number of rotatable bonds is 5. The maximum atomic E-state index is 14.1. The molecular formula is C26H31N3O9. The molecule has 38 heavy (non-hydrogen) atoms. The first kappa shape index (κ1) is 27.6. The molecule has 0 bridgehead atoms. The average molecular weight is 530 g/mol. The minimum Gasteiger partial charge on any atom is -0.507 e. The fourth-order valence-electron chi connectivity index (χ4n) is 6.51. The first-order chi connectivity index (χ1) is 17.7. The average Bonchev–Trinajstić information content (AvgIpc) is 2.80. The molecule has 0 spiro atoms. The van der Waals surface area contributed by atoms with Crippen LogP contribution in [0.3, 0.4) is 0 Å². The summed E-state index contributed by atoms with van der Waals surface area (Å²) >= 11 is 0. The van der Waals surface area contributed by atoms with Crippen molar-refractivity contribution in [1.29, 1.82) is 0 Å². The van der Waals surface area contributed by atoms with Crippen LogP contribution in [0.4, 0.5) is 0 Å². The first-order valence-corrected chi connectivity index (χ1v) is 12.2. The minimum atomic E-state index is -3.04. The number of likely N-dealkylation sites (N-methyl/N-ethyl adjacent to an activating group) is 2. The van der Waals surface area contributed by atoms with Gasteiger partial charge in [-0.3, -0.25) is 38.6 Å². The number of aromatic hydroxyl groups is 1. The number of esters is 1. The topological polar surface area (TPSA) is 185 Å². The van der Waals surface area contributed by atoms with Crippen LogP contribution in [0.15, 0.2) is 18.2 Å². The van der Waals surface area contributed by atoms with E-state index < -0.39 is 82.3 Å². The van der Waals surface area contributed by atoms with Gasteiger partial charge in [-0.25, -0.2) is 0 Å². The van der Waals surface area contributed by atoms with Crippen LogP contribution in [0.25, 0.3) is 0 Å². The van der Waals surface area contributed by atoms with Crippen LogP contribution in [-0.4, -0.2) is 108 Å². The van der Waals surface area contributed by atoms with Crippen molar-refractivity contribution in [2.24, 2.45) is 29.4 Å². The van der Waals surface area contributed by atoms with Crippen LogP contribution < -0.4 is 5.73 Å². The smallest absolute Gasteiger partial charge is 0.320 e. The lowest BCUT2D eigenvalue weighted by Crippen LogP contribution is -2.78. The van der Waals surface area contributed by atoms with Gasteiger partial charge in [0.2, 0.25) is 5.91 Å². The van der Waals surface area contributed by atoms with E-state index in [1.54, 1.807) is 27.1 Å². The molecule has 0 radical (unpaired) electrons. The van der Waals surface area contributed by atoms with Gasteiger partial charge in [0.15, 0.2) is 34.7 Å². The van der Waals surface area contributed by atoms with E-state index in [1.165, 1.54) is 36.0 Å². The van der Waals surface area contributed by atoms with Crippen molar-refractivity contribution < 1.29 is 43.7 Å². The van der Waals surface area contributed by atoms with Gasteiger partial charge in [0.1, 0.15) is 11.9 Å². The number of hydrogen-bond donors (Lipinski definition) is 3. The first-order valence-electron chi connectivity index (χ1n) is 12.2. The van der Waals surface area contributed by atoms with Gasteiger partial charge in [-0.2, -0.15) is 0 Å². The number of aliphatic hydroxyl groups is 1. The molecule has 3 aliphatic rings. The maximum Gasteiger partial charge on any atom is 0.320 e. The number of carbonyl (C=O) groups excluding carboxylic acids is 6.